The molecule has 0 saturated carbocycles. The maximum Gasteiger partial charge on any atom is 0.422 e. The molecule has 1 atom stereocenters. The van der Waals surface area contributed by atoms with Crippen LogP contribution in [0.25, 0.3) is 0 Å². The molecule has 0 spiro atoms. The Bertz CT molecular complexity index is 883. The third kappa shape index (κ3) is 6.78. The lowest BCUT2D eigenvalue weighted by atomic mass is 10.2. The third-order valence-corrected chi connectivity index (χ3v) is 3.89. The monoisotopic (exact) mass is 409 g/mol. The van der Waals surface area contributed by atoms with E-state index < -0.39 is 18.8 Å². The van der Waals surface area contributed by atoms with Crippen molar-refractivity contribution in [3.8, 4) is 5.75 Å². The van der Waals surface area contributed by atoms with Crippen molar-refractivity contribution in [2.45, 2.75) is 12.3 Å². The van der Waals surface area contributed by atoms with Crippen LogP contribution in [-0.4, -0.2) is 38.5 Å². The molecule has 0 heterocycles. The van der Waals surface area contributed by atoms with Crippen molar-refractivity contribution in [2.75, 3.05) is 13.7 Å². The molecule has 2 aromatic carbocycles. The molecule has 1 unspecified atom stereocenters. The number of aliphatic imine (C=N–C) groups is 3. The number of ether oxygens (including phenoxy) is 2. The highest BCUT2D eigenvalue weighted by Gasteiger charge is 2.29. The molecule has 0 saturated heterocycles. The van der Waals surface area contributed by atoms with Gasteiger partial charge in [-0.2, -0.15) is 23.2 Å². The van der Waals surface area contributed by atoms with Crippen LogP contribution in [0.15, 0.2) is 63.5 Å². The Kier molecular flexibility index (Phi) is 7.70. The molecule has 5 nitrogen and oxygen atoms in total. The molecule has 0 aliphatic rings. The predicted octanol–water partition coefficient (Wildman–Crippen LogP) is 4.78. The van der Waals surface area contributed by atoms with E-state index in [4.69, 9.17) is 9.47 Å². The van der Waals surface area contributed by atoms with Crippen LogP contribution in [0, 0.1) is 0 Å². The summed E-state index contributed by atoms with van der Waals surface area (Å²) >= 11 is 0. The molecule has 0 aliphatic heterocycles. The van der Waals surface area contributed by atoms with Crippen molar-refractivity contribution in [1.82, 2.24) is 0 Å². The number of hydrogen-bond donors (Lipinski definition) is 0. The molecular weight excluding hydrogens is 390 g/mol. The predicted molar refractivity (Wildman–Crippen MR) is 108 cm³/mol. The molecule has 148 valence electrons. The van der Waals surface area contributed by atoms with Crippen LogP contribution in [0.5, 0.6) is 5.75 Å². The molecule has 0 bridgehead atoms. The summed E-state index contributed by atoms with van der Waals surface area (Å²) in [5.41, 5.74) is 1.85. The van der Waals surface area contributed by atoms with E-state index in [1.165, 1.54) is 7.11 Å². The average Bonchev–Trinajstić information content (AvgIpc) is 2.69. The first-order chi connectivity index (χ1) is 13.3. The Morgan fingerprint density at radius 2 is 1.89 bits per heavy atom. The summed E-state index contributed by atoms with van der Waals surface area (Å²) in [7, 11) is 4.06. The summed E-state index contributed by atoms with van der Waals surface area (Å²) < 4.78 is 47.8. The number of rotatable bonds is 5. The summed E-state index contributed by atoms with van der Waals surface area (Å²) in [6, 6.07) is 13.2. The minimum Gasteiger partial charge on any atom is -0.497 e. The van der Waals surface area contributed by atoms with E-state index in [0.29, 0.717) is 23.2 Å². The van der Waals surface area contributed by atoms with Crippen molar-refractivity contribution < 1.29 is 22.6 Å². The second-order valence-electron chi connectivity index (χ2n) is 5.50. The molecule has 0 aromatic heterocycles. The lowest BCUT2D eigenvalue weighted by Gasteiger charge is -2.10. The van der Waals surface area contributed by atoms with Gasteiger partial charge in [0, 0.05) is 5.56 Å². The van der Waals surface area contributed by atoms with Crippen molar-refractivity contribution in [3.05, 3.63) is 59.7 Å². The van der Waals surface area contributed by atoms with Crippen LogP contribution < -0.4 is 4.74 Å². The van der Waals surface area contributed by atoms with Gasteiger partial charge in [0.25, 0.3) is 0 Å². The summed E-state index contributed by atoms with van der Waals surface area (Å²) in [5, 5.41) is 0. The topological polar surface area (TPSA) is 55.5 Å². The van der Waals surface area contributed by atoms with Gasteiger partial charge in [-0.1, -0.05) is 24.3 Å². The lowest BCUT2D eigenvalue weighted by Crippen LogP contribution is -2.20. The van der Waals surface area contributed by atoms with E-state index in [1.54, 1.807) is 42.5 Å². The van der Waals surface area contributed by atoms with Gasteiger partial charge in [-0.15, -0.1) is 9.24 Å². The minimum absolute atomic E-state index is 0.0574. The highest BCUT2D eigenvalue weighted by atomic mass is 31.0. The van der Waals surface area contributed by atoms with Gasteiger partial charge in [0.1, 0.15) is 5.75 Å². The molecule has 28 heavy (non-hydrogen) atoms. The standard InChI is InChI=1S/C19H19F3N3O2P/c1-23-17(14-6-4-8-16(10-14)26-2)25-18(27-12-19(20,21)22)24-15-7-3-5-13(9-15)11-28/h3-10H,1,11-12,28H2,2H3/b24-18?,25-17-. The quantitative estimate of drug-likeness (QED) is 0.405. The van der Waals surface area contributed by atoms with Crippen molar-refractivity contribution in [3.63, 3.8) is 0 Å². The molecule has 0 fully saturated rings. The van der Waals surface area contributed by atoms with Gasteiger partial charge in [0.05, 0.1) is 12.8 Å². The number of amidine groups is 2. The van der Waals surface area contributed by atoms with Gasteiger partial charge in [0.2, 0.25) is 0 Å². The highest BCUT2D eigenvalue weighted by Crippen LogP contribution is 2.20. The number of methoxy groups -OCH3 is 1. The second-order valence-corrected chi connectivity index (χ2v) is 5.91. The van der Waals surface area contributed by atoms with Gasteiger partial charge in [-0.3, -0.25) is 0 Å². The third-order valence-electron chi connectivity index (χ3n) is 3.42. The van der Waals surface area contributed by atoms with Crippen LogP contribution in [0.2, 0.25) is 0 Å². The Morgan fingerprint density at radius 3 is 2.54 bits per heavy atom. The van der Waals surface area contributed by atoms with Crippen LogP contribution >= 0.6 is 9.24 Å². The number of alkyl halides is 3. The van der Waals surface area contributed by atoms with Gasteiger partial charge in [-0.05, 0) is 42.7 Å². The summed E-state index contributed by atoms with van der Waals surface area (Å²) in [6.07, 6.45) is -3.86. The Balaban J connectivity index is 2.44. The second kappa shape index (κ2) is 9.99. The van der Waals surface area contributed by atoms with Crippen molar-refractivity contribution in [2.24, 2.45) is 15.0 Å². The van der Waals surface area contributed by atoms with Crippen molar-refractivity contribution in [1.29, 1.82) is 0 Å². The fourth-order valence-electron chi connectivity index (χ4n) is 2.14. The van der Waals surface area contributed by atoms with Crippen LogP contribution in [0.4, 0.5) is 18.9 Å². The number of halogens is 3. The van der Waals surface area contributed by atoms with E-state index in [1.807, 2.05) is 6.07 Å². The molecule has 0 aliphatic carbocycles. The highest BCUT2D eigenvalue weighted by molar-refractivity contribution is 7.15. The zero-order valence-corrected chi connectivity index (χ0v) is 16.3. The SMILES string of the molecule is C=N/C(=N\C(=Nc1cccc(CP)c1)OCC(F)(F)F)c1cccc(OC)c1. The zero-order valence-electron chi connectivity index (χ0n) is 15.1. The summed E-state index contributed by atoms with van der Waals surface area (Å²) in [5.74, 6) is 0.596. The Labute approximate surface area is 163 Å². The van der Waals surface area contributed by atoms with Gasteiger partial charge >= 0.3 is 12.2 Å². The first-order valence-corrected chi connectivity index (χ1v) is 8.93. The first kappa shape index (κ1) is 21.6. The molecular formula is C19H19F3N3O2P. The fraction of sp³-hybridized carbons (Fsp3) is 0.211. The largest absolute Gasteiger partial charge is 0.497 e. The molecule has 9 heteroatoms. The van der Waals surface area contributed by atoms with Gasteiger partial charge < -0.3 is 9.47 Å². The average molecular weight is 409 g/mol. The van der Waals surface area contributed by atoms with E-state index in [-0.39, 0.29) is 5.84 Å². The molecule has 0 radical (unpaired) electrons. The van der Waals surface area contributed by atoms with E-state index in [9.17, 15) is 13.2 Å². The first-order valence-electron chi connectivity index (χ1n) is 8.11. The molecule has 0 amide bonds. The van der Waals surface area contributed by atoms with Crippen LogP contribution in [0.1, 0.15) is 11.1 Å². The summed E-state index contributed by atoms with van der Waals surface area (Å²) in [4.78, 5) is 11.9. The van der Waals surface area contributed by atoms with Crippen LogP contribution in [0.3, 0.4) is 0 Å². The zero-order chi connectivity index (χ0) is 20.6. The van der Waals surface area contributed by atoms with Gasteiger partial charge in [0.15, 0.2) is 12.4 Å². The number of hydrogen-bond acceptors (Lipinski definition) is 3. The molecule has 2 aromatic rings. The van der Waals surface area contributed by atoms with Crippen molar-refractivity contribution >= 4 is 33.5 Å². The number of benzene rings is 2. The van der Waals surface area contributed by atoms with E-state index >= 15 is 0 Å². The fourth-order valence-corrected chi connectivity index (χ4v) is 2.40. The lowest BCUT2D eigenvalue weighted by molar-refractivity contribution is -0.156. The minimum atomic E-state index is -4.53. The van der Waals surface area contributed by atoms with Gasteiger partial charge in [-0.25, -0.2) is 4.99 Å². The normalized spacial score (nSPS) is 12.6. The maximum absolute atomic E-state index is 12.6. The summed E-state index contributed by atoms with van der Waals surface area (Å²) in [6.45, 7) is 1.91. The Morgan fingerprint density at radius 1 is 1.14 bits per heavy atom. The van der Waals surface area contributed by atoms with Crippen LogP contribution in [-0.2, 0) is 10.9 Å². The smallest absolute Gasteiger partial charge is 0.422 e. The Hall–Kier alpha value is -2.73. The molecule has 0 N–H and O–H groups in total. The molecule has 2 rings (SSSR count). The van der Waals surface area contributed by atoms with E-state index in [2.05, 4.69) is 30.9 Å². The number of nitrogens with zero attached hydrogens (tertiary/aromatic N) is 3. The van der Waals surface area contributed by atoms with E-state index in [0.717, 1.165) is 5.56 Å². The maximum atomic E-state index is 12.6.